The Balaban J connectivity index is 1.68. The predicted molar refractivity (Wildman–Crippen MR) is 89.4 cm³/mol. The fraction of sp³-hybridized carbons (Fsp3) is 0.316. The molecule has 1 heterocycles. The summed E-state index contributed by atoms with van der Waals surface area (Å²) in [6.07, 6.45) is 0.0873. The van der Waals surface area contributed by atoms with Gasteiger partial charge in [-0.15, -0.1) is 0 Å². The molecule has 0 aromatic heterocycles. The Bertz CT molecular complexity index is 657. The minimum atomic E-state index is 0.00279. The number of para-hydroxylation sites is 1. The van der Waals surface area contributed by atoms with Gasteiger partial charge in [0.05, 0.1) is 12.7 Å². The lowest BCUT2D eigenvalue weighted by Crippen LogP contribution is -2.46. The SMILES string of the molecule is CC1CN(C(=O)COc2ccccc2-c2ccccc2)CCO1. The maximum Gasteiger partial charge on any atom is 0.260 e. The third kappa shape index (κ3) is 3.90. The number of hydrogen-bond donors (Lipinski definition) is 0. The molecular weight excluding hydrogens is 290 g/mol. The van der Waals surface area contributed by atoms with Gasteiger partial charge in [0.25, 0.3) is 5.91 Å². The summed E-state index contributed by atoms with van der Waals surface area (Å²) in [5, 5.41) is 0. The Morgan fingerprint density at radius 2 is 1.91 bits per heavy atom. The molecule has 1 aliphatic rings. The monoisotopic (exact) mass is 311 g/mol. The summed E-state index contributed by atoms with van der Waals surface area (Å²) < 4.78 is 11.3. The molecule has 1 amide bonds. The fourth-order valence-electron chi connectivity index (χ4n) is 2.72. The summed E-state index contributed by atoms with van der Waals surface area (Å²) in [4.78, 5) is 14.1. The summed E-state index contributed by atoms with van der Waals surface area (Å²) in [7, 11) is 0. The number of benzene rings is 2. The molecule has 1 unspecified atom stereocenters. The summed E-state index contributed by atoms with van der Waals surface area (Å²) in [5.41, 5.74) is 2.08. The number of hydrogen-bond acceptors (Lipinski definition) is 3. The lowest BCUT2D eigenvalue weighted by molar-refractivity contribution is -0.140. The van der Waals surface area contributed by atoms with E-state index in [1.165, 1.54) is 0 Å². The molecule has 0 bridgehead atoms. The average Bonchev–Trinajstić information content (AvgIpc) is 2.60. The number of nitrogens with zero attached hydrogens (tertiary/aromatic N) is 1. The van der Waals surface area contributed by atoms with E-state index in [4.69, 9.17) is 9.47 Å². The molecule has 4 nitrogen and oxygen atoms in total. The van der Waals surface area contributed by atoms with Gasteiger partial charge in [-0.1, -0.05) is 48.5 Å². The Hall–Kier alpha value is -2.33. The molecule has 4 heteroatoms. The van der Waals surface area contributed by atoms with Crippen molar-refractivity contribution in [3.05, 3.63) is 54.6 Å². The second kappa shape index (κ2) is 7.29. The van der Waals surface area contributed by atoms with Crippen molar-refractivity contribution >= 4 is 5.91 Å². The van der Waals surface area contributed by atoms with Gasteiger partial charge in [0, 0.05) is 18.7 Å². The van der Waals surface area contributed by atoms with Crippen LogP contribution in [0.15, 0.2) is 54.6 Å². The van der Waals surface area contributed by atoms with Gasteiger partial charge in [0.1, 0.15) is 5.75 Å². The van der Waals surface area contributed by atoms with Crippen LogP contribution in [0.1, 0.15) is 6.92 Å². The van der Waals surface area contributed by atoms with E-state index in [9.17, 15) is 4.79 Å². The van der Waals surface area contributed by atoms with Gasteiger partial charge < -0.3 is 14.4 Å². The van der Waals surface area contributed by atoms with E-state index in [0.717, 1.165) is 16.9 Å². The summed E-state index contributed by atoms with van der Waals surface area (Å²) >= 11 is 0. The van der Waals surface area contributed by atoms with Crippen LogP contribution in [0, 0.1) is 0 Å². The van der Waals surface area contributed by atoms with E-state index < -0.39 is 0 Å². The topological polar surface area (TPSA) is 38.8 Å². The summed E-state index contributed by atoms with van der Waals surface area (Å²) in [5.74, 6) is 0.733. The molecule has 2 aromatic carbocycles. The van der Waals surface area contributed by atoms with E-state index in [0.29, 0.717) is 19.7 Å². The molecule has 0 N–H and O–H groups in total. The van der Waals surface area contributed by atoms with Crippen molar-refractivity contribution in [3.8, 4) is 16.9 Å². The zero-order valence-corrected chi connectivity index (χ0v) is 13.3. The largest absolute Gasteiger partial charge is 0.483 e. The van der Waals surface area contributed by atoms with Crippen LogP contribution in [0.25, 0.3) is 11.1 Å². The number of morpholine rings is 1. The third-order valence-corrected chi connectivity index (χ3v) is 3.92. The normalized spacial score (nSPS) is 17.8. The van der Waals surface area contributed by atoms with Crippen LogP contribution in [-0.4, -0.2) is 43.2 Å². The van der Waals surface area contributed by atoms with Gasteiger partial charge in [0.15, 0.2) is 6.61 Å². The van der Waals surface area contributed by atoms with Crippen LogP contribution in [0.4, 0.5) is 0 Å². The van der Waals surface area contributed by atoms with Gasteiger partial charge in [-0.2, -0.15) is 0 Å². The molecular formula is C19H21NO3. The Morgan fingerprint density at radius 3 is 2.70 bits per heavy atom. The number of ether oxygens (including phenoxy) is 2. The van der Waals surface area contributed by atoms with Crippen molar-refractivity contribution in [2.45, 2.75) is 13.0 Å². The maximum absolute atomic E-state index is 12.3. The number of carbonyl (C=O) groups is 1. The van der Waals surface area contributed by atoms with Crippen LogP contribution in [-0.2, 0) is 9.53 Å². The minimum absolute atomic E-state index is 0.00279. The number of rotatable bonds is 4. The van der Waals surface area contributed by atoms with Gasteiger partial charge in [-0.3, -0.25) is 4.79 Å². The highest BCUT2D eigenvalue weighted by atomic mass is 16.5. The molecule has 1 atom stereocenters. The molecule has 0 saturated carbocycles. The standard InChI is InChI=1S/C19H21NO3/c1-15-13-20(11-12-22-15)19(21)14-23-18-10-6-5-9-17(18)16-7-3-2-4-8-16/h2-10,15H,11-14H2,1H3. The molecule has 0 aliphatic carbocycles. The first-order valence-electron chi connectivity index (χ1n) is 7.90. The van der Waals surface area contributed by atoms with E-state index in [-0.39, 0.29) is 18.6 Å². The number of carbonyl (C=O) groups excluding carboxylic acids is 1. The first kappa shape index (κ1) is 15.6. The Kier molecular flexibility index (Phi) is 4.93. The van der Waals surface area contributed by atoms with Crippen molar-refractivity contribution < 1.29 is 14.3 Å². The maximum atomic E-state index is 12.3. The van der Waals surface area contributed by atoms with Crippen molar-refractivity contribution in [1.29, 1.82) is 0 Å². The van der Waals surface area contributed by atoms with Crippen LogP contribution < -0.4 is 4.74 Å². The lowest BCUT2D eigenvalue weighted by atomic mass is 10.1. The molecule has 1 fully saturated rings. The van der Waals surface area contributed by atoms with E-state index >= 15 is 0 Å². The zero-order chi connectivity index (χ0) is 16.1. The quantitative estimate of drug-likeness (QED) is 0.871. The highest BCUT2D eigenvalue weighted by molar-refractivity contribution is 5.78. The molecule has 1 aliphatic heterocycles. The van der Waals surface area contributed by atoms with Gasteiger partial charge in [-0.05, 0) is 18.6 Å². The first-order chi connectivity index (χ1) is 11.2. The van der Waals surface area contributed by atoms with Gasteiger partial charge in [0.2, 0.25) is 0 Å². The fourth-order valence-corrected chi connectivity index (χ4v) is 2.72. The molecule has 0 radical (unpaired) electrons. The highest BCUT2D eigenvalue weighted by Gasteiger charge is 2.21. The van der Waals surface area contributed by atoms with Crippen molar-refractivity contribution in [1.82, 2.24) is 4.90 Å². The van der Waals surface area contributed by atoms with Gasteiger partial charge >= 0.3 is 0 Å². The average molecular weight is 311 g/mol. The molecule has 3 rings (SSSR count). The Morgan fingerprint density at radius 1 is 1.17 bits per heavy atom. The lowest BCUT2D eigenvalue weighted by Gasteiger charge is -2.31. The van der Waals surface area contributed by atoms with Crippen molar-refractivity contribution in [2.75, 3.05) is 26.3 Å². The molecule has 23 heavy (non-hydrogen) atoms. The second-order valence-corrected chi connectivity index (χ2v) is 5.67. The van der Waals surface area contributed by atoms with Crippen LogP contribution in [0.5, 0.6) is 5.75 Å². The smallest absolute Gasteiger partial charge is 0.260 e. The van der Waals surface area contributed by atoms with Crippen molar-refractivity contribution in [3.63, 3.8) is 0 Å². The van der Waals surface area contributed by atoms with E-state index in [2.05, 4.69) is 0 Å². The molecule has 120 valence electrons. The van der Waals surface area contributed by atoms with Crippen molar-refractivity contribution in [2.24, 2.45) is 0 Å². The summed E-state index contributed by atoms with van der Waals surface area (Å²) in [6, 6.07) is 17.8. The summed E-state index contributed by atoms with van der Waals surface area (Å²) in [6.45, 7) is 3.88. The molecule has 0 spiro atoms. The van der Waals surface area contributed by atoms with Crippen LogP contribution in [0.2, 0.25) is 0 Å². The van der Waals surface area contributed by atoms with E-state index in [1.807, 2.05) is 61.5 Å². The Labute approximate surface area is 136 Å². The second-order valence-electron chi connectivity index (χ2n) is 5.67. The highest BCUT2D eigenvalue weighted by Crippen LogP contribution is 2.29. The molecule has 1 saturated heterocycles. The van der Waals surface area contributed by atoms with Crippen LogP contribution in [0.3, 0.4) is 0 Å². The number of amides is 1. The third-order valence-electron chi connectivity index (χ3n) is 3.92. The van der Waals surface area contributed by atoms with Gasteiger partial charge in [-0.25, -0.2) is 0 Å². The zero-order valence-electron chi connectivity index (χ0n) is 13.3. The predicted octanol–water partition coefficient (Wildman–Crippen LogP) is 2.98. The molecule has 2 aromatic rings. The van der Waals surface area contributed by atoms with Crippen LogP contribution >= 0.6 is 0 Å². The van der Waals surface area contributed by atoms with E-state index in [1.54, 1.807) is 4.90 Å². The minimum Gasteiger partial charge on any atom is -0.483 e. The first-order valence-corrected chi connectivity index (χ1v) is 7.90.